The fourth-order valence-electron chi connectivity index (χ4n) is 2.29. The molecule has 2 unspecified atom stereocenters. The Kier molecular flexibility index (Phi) is 4.59. The number of rotatable bonds is 4. The molecule has 0 radical (unpaired) electrons. The molecule has 1 heterocycles. The second-order valence-electron chi connectivity index (χ2n) is 4.56. The van der Waals surface area contributed by atoms with Crippen LogP contribution in [0.15, 0.2) is 6.07 Å². The molecule has 0 aromatic carbocycles. The minimum Gasteiger partial charge on any atom is -0.366 e. The minimum atomic E-state index is -4.53. The number of aromatic nitrogens is 2. The molecular formula is C11H16F3N5S. The van der Waals surface area contributed by atoms with Gasteiger partial charge < -0.3 is 5.32 Å². The first-order valence-electron chi connectivity index (χ1n) is 6.16. The van der Waals surface area contributed by atoms with Crippen molar-refractivity contribution in [2.45, 2.75) is 36.7 Å². The topological polar surface area (TPSA) is 75.9 Å². The summed E-state index contributed by atoms with van der Waals surface area (Å²) >= 11 is 1.71. The Morgan fingerprint density at radius 3 is 2.70 bits per heavy atom. The first kappa shape index (κ1) is 15.2. The summed E-state index contributed by atoms with van der Waals surface area (Å²) in [4.78, 5) is 7.25. The van der Waals surface area contributed by atoms with E-state index in [9.17, 15) is 13.2 Å². The molecule has 0 saturated heterocycles. The van der Waals surface area contributed by atoms with Crippen molar-refractivity contribution in [3.8, 4) is 0 Å². The van der Waals surface area contributed by atoms with Crippen LogP contribution >= 0.6 is 11.8 Å². The van der Waals surface area contributed by atoms with Crippen LogP contribution in [0.3, 0.4) is 0 Å². The number of alkyl halides is 3. The molecule has 1 aromatic rings. The predicted octanol–water partition coefficient (Wildman–Crippen LogP) is 2.48. The molecule has 2 atom stereocenters. The van der Waals surface area contributed by atoms with Crippen molar-refractivity contribution in [1.82, 2.24) is 9.97 Å². The normalized spacial score (nSPS) is 22.9. The number of hydrazine groups is 1. The van der Waals surface area contributed by atoms with E-state index in [2.05, 4.69) is 20.7 Å². The van der Waals surface area contributed by atoms with Crippen LogP contribution < -0.4 is 16.6 Å². The Bertz CT molecular complexity index is 468. The van der Waals surface area contributed by atoms with Gasteiger partial charge in [0.2, 0.25) is 5.95 Å². The Morgan fingerprint density at radius 1 is 1.35 bits per heavy atom. The van der Waals surface area contributed by atoms with E-state index < -0.39 is 11.9 Å². The second-order valence-corrected chi connectivity index (χ2v) is 5.64. The summed E-state index contributed by atoms with van der Waals surface area (Å²) in [6, 6.07) is 1.03. The fraction of sp³-hybridized carbons (Fsp3) is 0.636. The zero-order valence-electron chi connectivity index (χ0n) is 10.9. The molecule has 0 amide bonds. The van der Waals surface area contributed by atoms with Gasteiger partial charge in [-0.2, -0.15) is 29.9 Å². The number of nitrogens with one attached hydrogen (secondary N) is 2. The molecule has 0 bridgehead atoms. The minimum absolute atomic E-state index is 0.117. The van der Waals surface area contributed by atoms with Gasteiger partial charge in [0.05, 0.1) is 0 Å². The summed E-state index contributed by atoms with van der Waals surface area (Å²) in [5.74, 6) is 5.01. The van der Waals surface area contributed by atoms with Gasteiger partial charge >= 0.3 is 6.18 Å². The number of nitrogens with two attached hydrogens (primary N) is 1. The summed E-state index contributed by atoms with van der Waals surface area (Å²) in [6.07, 6.45) is 0.501. The van der Waals surface area contributed by atoms with Gasteiger partial charge in [-0.1, -0.05) is 6.42 Å². The average molecular weight is 307 g/mol. The molecule has 5 nitrogen and oxygen atoms in total. The van der Waals surface area contributed by atoms with Crippen molar-refractivity contribution >= 4 is 23.5 Å². The lowest BCUT2D eigenvalue weighted by atomic mass is 10.2. The molecule has 1 aromatic heterocycles. The van der Waals surface area contributed by atoms with E-state index in [1.54, 1.807) is 11.8 Å². The van der Waals surface area contributed by atoms with Gasteiger partial charge in [-0.25, -0.2) is 10.8 Å². The van der Waals surface area contributed by atoms with E-state index in [4.69, 9.17) is 5.84 Å². The lowest BCUT2D eigenvalue weighted by Crippen LogP contribution is -2.27. The number of anilines is 2. The highest BCUT2D eigenvalue weighted by molar-refractivity contribution is 7.99. The zero-order valence-corrected chi connectivity index (χ0v) is 11.7. The van der Waals surface area contributed by atoms with Crippen LogP contribution in [-0.2, 0) is 6.18 Å². The second kappa shape index (κ2) is 6.04. The fourth-order valence-corrected chi connectivity index (χ4v) is 3.23. The quantitative estimate of drug-likeness (QED) is 0.586. The Morgan fingerprint density at radius 2 is 2.10 bits per heavy atom. The van der Waals surface area contributed by atoms with Crippen LogP contribution in [0, 0.1) is 0 Å². The molecule has 20 heavy (non-hydrogen) atoms. The maximum absolute atomic E-state index is 12.7. The Labute approximate surface area is 118 Å². The Balaban J connectivity index is 2.22. The lowest BCUT2D eigenvalue weighted by molar-refractivity contribution is -0.141. The number of nitrogen functional groups attached to an aromatic ring is 1. The van der Waals surface area contributed by atoms with Crippen LogP contribution in [0.4, 0.5) is 24.9 Å². The van der Waals surface area contributed by atoms with Gasteiger partial charge in [0, 0.05) is 17.4 Å². The smallest absolute Gasteiger partial charge is 0.366 e. The highest BCUT2D eigenvalue weighted by Gasteiger charge is 2.34. The summed E-state index contributed by atoms with van der Waals surface area (Å²) in [5, 5.41) is 3.44. The Hall–Kier alpha value is -1.22. The van der Waals surface area contributed by atoms with Gasteiger partial charge in [0.15, 0.2) is 5.69 Å². The number of halogens is 3. The molecule has 0 spiro atoms. The largest absolute Gasteiger partial charge is 0.433 e. The number of nitrogens with zero attached hydrogens (tertiary/aromatic N) is 2. The van der Waals surface area contributed by atoms with Gasteiger partial charge in [-0.15, -0.1) is 0 Å². The maximum Gasteiger partial charge on any atom is 0.433 e. The molecule has 1 fully saturated rings. The van der Waals surface area contributed by atoms with E-state index in [1.165, 1.54) is 0 Å². The third kappa shape index (κ3) is 3.45. The van der Waals surface area contributed by atoms with Crippen LogP contribution in [0.1, 0.15) is 25.0 Å². The van der Waals surface area contributed by atoms with Crippen molar-refractivity contribution in [2.75, 3.05) is 17.0 Å². The summed E-state index contributed by atoms with van der Waals surface area (Å²) in [7, 11) is 0. The molecule has 1 saturated carbocycles. The van der Waals surface area contributed by atoms with Crippen LogP contribution in [0.25, 0.3) is 0 Å². The van der Waals surface area contributed by atoms with Crippen molar-refractivity contribution in [2.24, 2.45) is 5.84 Å². The molecule has 4 N–H and O–H groups in total. The van der Waals surface area contributed by atoms with Crippen molar-refractivity contribution < 1.29 is 13.2 Å². The standard InChI is InChI=1S/C11H16F3N5S/c1-20-7-4-2-3-6(7)16-9-5-8(11(12,13)14)17-10(18-9)19-15/h5-7H,2-4,15H2,1H3,(H2,16,17,18,19). The van der Waals surface area contributed by atoms with E-state index >= 15 is 0 Å². The highest BCUT2D eigenvalue weighted by Crippen LogP contribution is 2.33. The van der Waals surface area contributed by atoms with Crippen LogP contribution in [-0.4, -0.2) is 27.5 Å². The van der Waals surface area contributed by atoms with Crippen molar-refractivity contribution in [3.05, 3.63) is 11.8 Å². The van der Waals surface area contributed by atoms with Crippen LogP contribution in [0.2, 0.25) is 0 Å². The predicted molar refractivity (Wildman–Crippen MR) is 73.4 cm³/mol. The molecule has 112 valence electrons. The van der Waals surface area contributed by atoms with E-state index in [1.807, 2.05) is 6.26 Å². The van der Waals surface area contributed by atoms with Crippen molar-refractivity contribution in [3.63, 3.8) is 0 Å². The van der Waals surface area contributed by atoms with Gasteiger partial charge in [0.25, 0.3) is 0 Å². The summed E-state index contributed by atoms with van der Waals surface area (Å²) < 4.78 is 38.2. The molecular weight excluding hydrogens is 291 g/mol. The monoisotopic (exact) mass is 307 g/mol. The zero-order chi connectivity index (χ0) is 14.8. The first-order valence-corrected chi connectivity index (χ1v) is 7.45. The molecule has 0 aliphatic heterocycles. The third-order valence-electron chi connectivity index (χ3n) is 3.23. The van der Waals surface area contributed by atoms with E-state index in [-0.39, 0.29) is 17.8 Å². The van der Waals surface area contributed by atoms with Gasteiger partial charge in [-0.3, -0.25) is 5.43 Å². The van der Waals surface area contributed by atoms with Crippen molar-refractivity contribution in [1.29, 1.82) is 0 Å². The molecule has 2 rings (SSSR count). The molecule has 1 aliphatic carbocycles. The summed E-state index contributed by atoms with van der Waals surface area (Å²) in [5.41, 5.74) is 1.05. The van der Waals surface area contributed by atoms with Gasteiger partial charge in [0.1, 0.15) is 5.82 Å². The third-order valence-corrected chi connectivity index (χ3v) is 4.40. The average Bonchev–Trinajstić information content (AvgIpc) is 2.84. The highest BCUT2D eigenvalue weighted by atomic mass is 32.2. The lowest BCUT2D eigenvalue weighted by Gasteiger charge is -2.20. The number of thioether (sulfide) groups is 1. The number of hydrogen-bond donors (Lipinski definition) is 3. The van der Waals surface area contributed by atoms with E-state index in [0.29, 0.717) is 5.25 Å². The first-order chi connectivity index (χ1) is 9.44. The SMILES string of the molecule is CSC1CCCC1Nc1cc(C(F)(F)F)nc(NN)n1. The molecule has 1 aliphatic rings. The van der Waals surface area contributed by atoms with Crippen LogP contribution in [0.5, 0.6) is 0 Å². The number of hydrogen-bond acceptors (Lipinski definition) is 6. The summed E-state index contributed by atoms with van der Waals surface area (Å²) in [6.45, 7) is 0. The van der Waals surface area contributed by atoms with E-state index in [0.717, 1.165) is 25.3 Å². The molecule has 9 heteroatoms. The maximum atomic E-state index is 12.7. The van der Waals surface area contributed by atoms with Gasteiger partial charge in [-0.05, 0) is 19.1 Å².